The molecule has 0 aliphatic rings. The second kappa shape index (κ2) is 8.61. The van der Waals surface area contributed by atoms with Crippen LogP contribution in [-0.2, 0) is 16.6 Å². The molecule has 0 saturated heterocycles. The van der Waals surface area contributed by atoms with Crippen LogP contribution in [0.3, 0.4) is 0 Å². The maximum absolute atomic E-state index is 14.5. The summed E-state index contributed by atoms with van der Waals surface area (Å²) in [5.41, 5.74) is 1.36. The van der Waals surface area contributed by atoms with Crippen LogP contribution < -0.4 is 15.6 Å². The maximum atomic E-state index is 14.5. The third-order valence-electron chi connectivity index (χ3n) is 4.68. The van der Waals surface area contributed by atoms with Crippen molar-refractivity contribution in [2.75, 3.05) is 15.8 Å². The third-order valence-corrected chi connectivity index (χ3v) is 6.55. The first-order valence-corrected chi connectivity index (χ1v) is 11.5. The van der Waals surface area contributed by atoms with Crippen molar-refractivity contribution in [3.05, 3.63) is 57.3 Å². The summed E-state index contributed by atoms with van der Waals surface area (Å²) in [6.45, 7) is 5.78. The van der Waals surface area contributed by atoms with Gasteiger partial charge in [-0.05, 0) is 50.1 Å². The number of benzene rings is 2. The van der Waals surface area contributed by atoms with E-state index in [1.807, 2.05) is 6.92 Å². The van der Waals surface area contributed by atoms with Gasteiger partial charge in [0.1, 0.15) is 5.82 Å². The van der Waals surface area contributed by atoms with E-state index in [1.165, 1.54) is 17.0 Å². The third kappa shape index (κ3) is 4.27. The summed E-state index contributed by atoms with van der Waals surface area (Å²) in [6.07, 6.45) is 1.92. The molecule has 1 aromatic heterocycles. The number of rotatable bonds is 7. The molecule has 1 heterocycles. The smallest absolute Gasteiger partial charge is 0.261 e. The van der Waals surface area contributed by atoms with E-state index in [4.69, 9.17) is 11.6 Å². The molecular formula is C20H22ClFN4O3S. The van der Waals surface area contributed by atoms with Gasteiger partial charge in [0.05, 0.1) is 39.4 Å². The van der Waals surface area contributed by atoms with E-state index in [9.17, 15) is 17.6 Å². The summed E-state index contributed by atoms with van der Waals surface area (Å²) in [6, 6.07) is 5.73. The summed E-state index contributed by atoms with van der Waals surface area (Å²) in [5, 5.41) is 3.22. The van der Waals surface area contributed by atoms with E-state index in [1.54, 1.807) is 26.0 Å². The Morgan fingerprint density at radius 3 is 2.53 bits per heavy atom. The molecule has 0 radical (unpaired) electrons. The average molecular weight is 453 g/mol. The van der Waals surface area contributed by atoms with Gasteiger partial charge in [0.2, 0.25) is 10.0 Å². The standard InChI is InChI=1S/C20H22ClFN4O3S/c1-4-10-30(28,29)25-16-7-6-13(22)19(18(16)21)24-14-8-9-15-17(12(14)3)20(27)26(5-2)11-23-15/h6-9,11,24-25H,4-5,10H2,1-3H3. The monoisotopic (exact) mass is 452 g/mol. The predicted molar refractivity (Wildman–Crippen MR) is 119 cm³/mol. The molecule has 0 atom stereocenters. The Morgan fingerprint density at radius 2 is 1.87 bits per heavy atom. The van der Waals surface area contributed by atoms with Gasteiger partial charge < -0.3 is 5.32 Å². The lowest BCUT2D eigenvalue weighted by molar-refractivity contribution is 0.599. The van der Waals surface area contributed by atoms with E-state index < -0.39 is 15.8 Å². The highest BCUT2D eigenvalue weighted by Crippen LogP contribution is 2.36. The van der Waals surface area contributed by atoms with Crippen LogP contribution in [0.2, 0.25) is 5.02 Å². The number of aryl methyl sites for hydroxylation is 2. The summed E-state index contributed by atoms with van der Waals surface area (Å²) in [4.78, 5) is 17.0. The average Bonchev–Trinajstić information content (AvgIpc) is 2.69. The molecule has 30 heavy (non-hydrogen) atoms. The first kappa shape index (κ1) is 22.0. The van der Waals surface area contributed by atoms with E-state index >= 15 is 0 Å². The number of nitrogens with zero attached hydrogens (tertiary/aromatic N) is 2. The molecule has 0 amide bonds. The Kier molecular flexibility index (Phi) is 6.33. The van der Waals surface area contributed by atoms with Crippen molar-refractivity contribution < 1.29 is 12.8 Å². The lowest BCUT2D eigenvalue weighted by Gasteiger charge is -2.16. The molecule has 0 saturated carbocycles. The van der Waals surface area contributed by atoms with Crippen LogP contribution in [0.25, 0.3) is 10.9 Å². The van der Waals surface area contributed by atoms with E-state index in [0.29, 0.717) is 35.1 Å². The molecule has 0 aliphatic heterocycles. The molecule has 2 N–H and O–H groups in total. The van der Waals surface area contributed by atoms with Crippen LogP contribution in [0, 0.1) is 12.7 Å². The summed E-state index contributed by atoms with van der Waals surface area (Å²) in [5.74, 6) is -0.737. The number of hydrogen-bond donors (Lipinski definition) is 2. The number of anilines is 3. The van der Waals surface area contributed by atoms with E-state index in [-0.39, 0.29) is 27.7 Å². The molecule has 0 bridgehead atoms. The number of nitrogens with one attached hydrogen (secondary N) is 2. The molecule has 160 valence electrons. The van der Waals surface area contributed by atoms with Gasteiger partial charge in [0, 0.05) is 12.2 Å². The number of sulfonamides is 1. The zero-order valence-corrected chi connectivity index (χ0v) is 18.4. The Balaban J connectivity index is 2.07. The summed E-state index contributed by atoms with van der Waals surface area (Å²) in [7, 11) is -3.60. The van der Waals surface area contributed by atoms with E-state index in [0.717, 1.165) is 6.07 Å². The fourth-order valence-electron chi connectivity index (χ4n) is 3.13. The zero-order chi connectivity index (χ0) is 22.1. The maximum Gasteiger partial charge on any atom is 0.261 e. The van der Waals surface area contributed by atoms with Crippen molar-refractivity contribution in [2.45, 2.75) is 33.7 Å². The molecule has 7 nitrogen and oxygen atoms in total. The zero-order valence-electron chi connectivity index (χ0n) is 16.8. The lowest BCUT2D eigenvalue weighted by atomic mass is 10.1. The van der Waals surface area contributed by atoms with Gasteiger partial charge in [-0.25, -0.2) is 17.8 Å². The van der Waals surface area contributed by atoms with E-state index in [2.05, 4.69) is 15.0 Å². The second-order valence-corrected chi connectivity index (χ2v) is 9.02. The minimum atomic E-state index is -3.60. The first-order valence-electron chi connectivity index (χ1n) is 9.42. The van der Waals surface area contributed by atoms with Gasteiger partial charge in [0.15, 0.2) is 0 Å². The molecule has 0 fully saturated rings. The molecule has 3 aromatic rings. The topological polar surface area (TPSA) is 93.1 Å². The minimum absolute atomic E-state index is 0.0717. The Labute approximate surface area is 178 Å². The predicted octanol–water partition coefficient (Wildman–Crippen LogP) is 4.41. The Morgan fingerprint density at radius 1 is 1.17 bits per heavy atom. The largest absolute Gasteiger partial charge is 0.352 e. The van der Waals surface area contributed by atoms with Crippen molar-refractivity contribution in [1.82, 2.24) is 9.55 Å². The molecule has 2 aromatic carbocycles. The molecular weight excluding hydrogens is 431 g/mol. The van der Waals surface area contributed by atoms with Crippen LogP contribution in [0.5, 0.6) is 0 Å². The highest BCUT2D eigenvalue weighted by molar-refractivity contribution is 7.92. The summed E-state index contributed by atoms with van der Waals surface area (Å²) < 4.78 is 42.6. The lowest BCUT2D eigenvalue weighted by Crippen LogP contribution is -2.20. The highest BCUT2D eigenvalue weighted by Gasteiger charge is 2.18. The van der Waals surface area contributed by atoms with Crippen molar-refractivity contribution >= 4 is 49.6 Å². The van der Waals surface area contributed by atoms with Crippen molar-refractivity contribution in [3.63, 3.8) is 0 Å². The number of aromatic nitrogens is 2. The van der Waals surface area contributed by atoms with Gasteiger partial charge >= 0.3 is 0 Å². The van der Waals surface area contributed by atoms with Gasteiger partial charge in [0.25, 0.3) is 5.56 Å². The van der Waals surface area contributed by atoms with Crippen molar-refractivity contribution in [1.29, 1.82) is 0 Å². The highest BCUT2D eigenvalue weighted by atomic mass is 35.5. The van der Waals surface area contributed by atoms with Gasteiger partial charge in [-0.3, -0.25) is 14.1 Å². The fraction of sp³-hybridized carbons (Fsp3) is 0.300. The molecule has 10 heteroatoms. The molecule has 0 spiro atoms. The van der Waals surface area contributed by atoms with Crippen LogP contribution in [0.4, 0.5) is 21.5 Å². The quantitative estimate of drug-likeness (QED) is 0.553. The first-order chi connectivity index (χ1) is 14.2. The van der Waals surface area contributed by atoms with Crippen molar-refractivity contribution in [3.8, 4) is 0 Å². The number of halogens is 2. The van der Waals surface area contributed by atoms with Gasteiger partial charge in [-0.15, -0.1) is 0 Å². The Bertz CT molecular complexity index is 1280. The van der Waals surface area contributed by atoms with Crippen LogP contribution >= 0.6 is 11.6 Å². The second-order valence-electron chi connectivity index (χ2n) is 6.80. The number of fused-ring (bicyclic) bond motifs is 1. The van der Waals surface area contributed by atoms with Gasteiger partial charge in [-0.1, -0.05) is 18.5 Å². The molecule has 0 aliphatic carbocycles. The Hall–Kier alpha value is -2.65. The van der Waals surface area contributed by atoms with Gasteiger partial charge in [-0.2, -0.15) is 0 Å². The SMILES string of the molecule is CCCS(=O)(=O)Nc1ccc(F)c(Nc2ccc3ncn(CC)c(=O)c3c2C)c1Cl. The van der Waals surface area contributed by atoms with Crippen LogP contribution in [0.15, 0.2) is 35.4 Å². The fourth-order valence-corrected chi connectivity index (χ4v) is 4.58. The van der Waals surface area contributed by atoms with Crippen LogP contribution in [-0.4, -0.2) is 23.7 Å². The molecule has 3 rings (SSSR count). The van der Waals surface area contributed by atoms with Crippen LogP contribution in [0.1, 0.15) is 25.8 Å². The minimum Gasteiger partial charge on any atom is -0.352 e. The molecule has 0 unspecified atom stereocenters. The van der Waals surface area contributed by atoms with Crippen molar-refractivity contribution in [2.24, 2.45) is 0 Å². The summed E-state index contributed by atoms with van der Waals surface area (Å²) >= 11 is 6.31. The number of hydrogen-bond acceptors (Lipinski definition) is 5. The normalized spacial score (nSPS) is 11.6.